The minimum absolute atomic E-state index is 0.0137. The van der Waals surface area contributed by atoms with Crippen LogP contribution in [0.25, 0.3) is 0 Å². The first kappa shape index (κ1) is 18.5. The summed E-state index contributed by atoms with van der Waals surface area (Å²) in [6.45, 7) is 1.86. The summed E-state index contributed by atoms with van der Waals surface area (Å²) in [5, 5.41) is 2.54. The third-order valence-corrected chi connectivity index (χ3v) is 5.10. The van der Waals surface area contributed by atoms with E-state index < -0.39 is 0 Å². The van der Waals surface area contributed by atoms with Gasteiger partial charge in [0, 0.05) is 16.4 Å². The van der Waals surface area contributed by atoms with E-state index in [0.29, 0.717) is 5.69 Å². The maximum absolute atomic E-state index is 12.4. The Morgan fingerprint density at radius 3 is 2.42 bits per heavy atom. The Bertz CT molecular complexity index is 709. The van der Waals surface area contributed by atoms with Crippen LogP contribution in [0, 0.1) is 0 Å². The van der Waals surface area contributed by atoms with Gasteiger partial charge in [-0.05, 0) is 47.1 Å². The van der Waals surface area contributed by atoms with Gasteiger partial charge in [0.15, 0.2) is 0 Å². The van der Waals surface area contributed by atoms with Gasteiger partial charge in [-0.3, -0.25) is 9.59 Å². The van der Waals surface area contributed by atoms with Crippen molar-refractivity contribution < 1.29 is 9.59 Å². The molecule has 0 bridgehead atoms. The Morgan fingerprint density at radius 1 is 1.12 bits per heavy atom. The summed E-state index contributed by atoms with van der Waals surface area (Å²) in [5.41, 5.74) is 0.690. The molecule has 0 aromatic heterocycles. The van der Waals surface area contributed by atoms with Crippen LogP contribution in [0.3, 0.4) is 0 Å². The lowest BCUT2D eigenvalue weighted by molar-refractivity contribution is -0.132. The van der Waals surface area contributed by atoms with Crippen LogP contribution in [-0.2, 0) is 9.59 Å². The molecule has 24 heavy (non-hydrogen) atoms. The van der Waals surface area contributed by atoms with E-state index in [1.54, 1.807) is 13.1 Å². The number of hydrogen-bond donors (Lipinski definition) is 1. The van der Waals surface area contributed by atoms with E-state index in [2.05, 4.69) is 21.2 Å². The third kappa shape index (κ3) is 5.39. The van der Waals surface area contributed by atoms with Gasteiger partial charge in [-0.2, -0.15) is 0 Å². The van der Waals surface area contributed by atoms with E-state index in [-0.39, 0.29) is 23.6 Å². The molecular formula is C18H19BrN2O2S. The van der Waals surface area contributed by atoms with Crippen molar-refractivity contribution in [3.05, 3.63) is 59.1 Å². The van der Waals surface area contributed by atoms with Gasteiger partial charge in [0.25, 0.3) is 0 Å². The van der Waals surface area contributed by atoms with Gasteiger partial charge < -0.3 is 10.2 Å². The van der Waals surface area contributed by atoms with Gasteiger partial charge in [0.1, 0.15) is 0 Å². The molecule has 0 radical (unpaired) electrons. The molecule has 0 aliphatic carbocycles. The minimum Gasteiger partial charge on any atom is -0.335 e. The van der Waals surface area contributed by atoms with E-state index in [1.807, 2.05) is 55.5 Å². The van der Waals surface area contributed by atoms with Crippen LogP contribution in [-0.4, -0.2) is 35.6 Å². The van der Waals surface area contributed by atoms with Crippen molar-refractivity contribution in [1.82, 2.24) is 4.90 Å². The number of anilines is 1. The van der Waals surface area contributed by atoms with Gasteiger partial charge in [-0.15, -0.1) is 11.8 Å². The Balaban J connectivity index is 1.88. The fourth-order valence-corrected chi connectivity index (χ4v) is 3.50. The van der Waals surface area contributed by atoms with Crippen LogP contribution in [0.2, 0.25) is 0 Å². The molecule has 2 aromatic rings. The Kier molecular flexibility index (Phi) is 6.87. The number of amides is 2. The minimum atomic E-state index is -0.256. The van der Waals surface area contributed by atoms with E-state index in [0.717, 1.165) is 9.37 Å². The zero-order chi connectivity index (χ0) is 17.5. The molecule has 0 aliphatic rings. The average molecular weight is 407 g/mol. The van der Waals surface area contributed by atoms with E-state index in [1.165, 1.54) is 16.7 Å². The molecule has 2 amide bonds. The molecule has 0 saturated carbocycles. The standard InChI is InChI=1S/C18H19BrN2O2S/c1-13(24-14-8-4-3-5-9-14)18(23)21(2)12-17(22)20-16-11-7-6-10-15(16)19/h3-11,13H,12H2,1-2H3,(H,20,22). The molecule has 126 valence electrons. The number of likely N-dealkylation sites (N-methyl/N-ethyl adjacent to an activating group) is 1. The van der Waals surface area contributed by atoms with Crippen molar-refractivity contribution in [3.8, 4) is 0 Å². The predicted molar refractivity (Wildman–Crippen MR) is 102 cm³/mol. The summed E-state index contributed by atoms with van der Waals surface area (Å²) in [6.07, 6.45) is 0. The smallest absolute Gasteiger partial charge is 0.244 e. The number of para-hydroxylation sites is 1. The topological polar surface area (TPSA) is 49.4 Å². The second kappa shape index (κ2) is 8.89. The molecule has 0 heterocycles. The van der Waals surface area contributed by atoms with Crippen LogP contribution < -0.4 is 5.32 Å². The third-order valence-electron chi connectivity index (χ3n) is 3.31. The summed E-state index contributed by atoms with van der Waals surface area (Å²) >= 11 is 4.86. The highest BCUT2D eigenvalue weighted by atomic mass is 79.9. The van der Waals surface area contributed by atoms with Crippen molar-refractivity contribution >= 4 is 45.2 Å². The fraction of sp³-hybridized carbons (Fsp3) is 0.222. The second-order valence-electron chi connectivity index (χ2n) is 5.30. The number of thioether (sulfide) groups is 1. The van der Waals surface area contributed by atoms with Crippen molar-refractivity contribution in [3.63, 3.8) is 0 Å². The van der Waals surface area contributed by atoms with E-state index in [4.69, 9.17) is 0 Å². The lowest BCUT2D eigenvalue weighted by Crippen LogP contribution is -2.38. The molecule has 0 fully saturated rings. The van der Waals surface area contributed by atoms with Gasteiger partial charge >= 0.3 is 0 Å². The first-order chi connectivity index (χ1) is 11.5. The number of benzene rings is 2. The van der Waals surface area contributed by atoms with Crippen molar-refractivity contribution in [2.45, 2.75) is 17.1 Å². The van der Waals surface area contributed by atoms with Gasteiger partial charge in [0.05, 0.1) is 17.5 Å². The molecule has 0 spiro atoms. The van der Waals surface area contributed by atoms with Crippen LogP contribution in [0.5, 0.6) is 0 Å². The number of hydrogen-bond acceptors (Lipinski definition) is 3. The second-order valence-corrected chi connectivity index (χ2v) is 7.56. The molecular weight excluding hydrogens is 388 g/mol. The average Bonchev–Trinajstić information content (AvgIpc) is 2.57. The lowest BCUT2D eigenvalue weighted by atomic mass is 10.3. The van der Waals surface area contributed by atoms with Gasteiger partial charge in [0.2, 0.25) is 11.8 Å². The first-order valence-electron chi connectivity index (χ1n) is 7.48. The van der Waals surface area contributed by atoms with Crippen LogP contribution >= 0.6 is 27.7 Å². The highest BCUT2D eigenvalue weighted by molar-refractivity contribution is 9.10. The van der Waals surface area contributed by atoms with Crippen LogP contribution in [0.15, 0.2) is 64.0 Å². The molecule has 0 saturated heterocycles. The Morgan fingerprint density at radius 2 is 1.75 bits per heavy atom. The molecule has 0 aliphatic heterocycles. The van der Waals surface area contributed by atoms with Crippen molar-refractivity contribution in [1.29, 1.82) is 0 Å². The first-order valence-corrected chi connectivity index (χ1v) is 9.15. The summed E-state index contributed by atoms with van der Waals surface area (Å²) in [4.78, 5) is 27.0. The molecule has 4 nitrogen and oxygen atoms in total. The summed E-state index contributed by atoms with van der Waals surface area (Å²) in [6, 6.07) is 17.1. The fourth-order valence-electron chi connectivity index (χ4n) is 2.11. The molecule has 1 unspecified atom stereocenters. The number of carbonyl (C=O) groups is 2. The number of carbonyl (C=O) groups excluding carboxylic acids is 2. The SMILES string of the molecule is CC(Sc1ccccc1)C(=O)N(C)CC(=O)Nc1ccccc1Br. The van der Waals surface area contributed by atoms with Crippen LogP contribution in [0.4, 0.5) is 5.69 Å². The summed E-state index contributed by atoms with van der Waals surface area (Å²) in [5.74, 6) is -0.305. The highest BCUT2D eigenvalue weighted by Crippen LogP contribution is 2.24. The van der Waals surface area contributed by atoms with E-state index in [9.17, 15) is 9.59 Å². The highest BCUT2D eigenvalue weighted by Gasteiger charge is 2.20. The quantitative estimate of drug-likeness (QED) is 0.736. The Labute approximate surface area is 154 Å². The number of rotatable bonds is 6. The summed E-state index contributed by atoms with van der Waals surface area (Å²) < 4.78 is 0.806. The monoisotopic (exact) mass is 406 g/mol. The molecule has 1 N–H and O–H groups in total. The maximum atomic E-state index is 12.4. The zero-order valence-corrected chi connectivity index (χ0v) is 15.9. The largest absolute Gasteiger partial charge is 0.335 e. The predicted octanol–water partition coefficient (Wildman–Crippen LogP) is 4.03. The summed E-state index contributed by atoms with van der Waals surface area (Å²) in [7, 11) is 1.64. The molecule has 6 heteroatoms. The Hall–Kier alpha value is -1.79. The van der Waals surface area contributed by atoms with Gasteiger partial charge in [-0.1, -0.05) is 30.3 Å². The maximum Gasteiger partial charge on any atom is 0.244 e. The molecule has 1 atom stereocenters. The normalized spacial score (nSPS) is 11.6. The number of halogens is 1. The molecule has 2 aromatic carbocycles. The lowest BCUT2D eigenvalue weighted by Gasteiger charge is -2.21. The number of nitrogens with zero attached hydrogens (tertiary/aromatic N) is 1. The number of nitrogens with one attached hydrogen (secondary N) is 1. The van der Waals surface area contributed by atoms with Crippen molar-refractivity contribution in [2.24, 2.45) is 0 Å². The molecule has 2 rings (SSSR count). The van der Waals surface area contributed by atoms with Crippen molar-refractivity contribution in [2.75, 3.05) is 18.9 Å². The van der Waals surface area contributed by atoms with E-state index >= 15 is 0 Å². The van der Waals surface area contributed by atoms with Crippen LogP contribution in [0.1, 0.15) is 6.92 Å². The van der Waals surface area contributed by atoms with Gasteiger partial charge in [-0.25, -0.2) is 0 Å². The zero-order valence-electron chi connectivity index (χ0n) is 13.5.